The van der Waals surface area contributed by atoms with Gasteiger partial charge in [-0.05, 0) is 97.7 Å². The molecule has 0 bridgehead atoms. The molecule has 8 atom stereocenters. The Morgan fingerprint density at radius 1 is 1.00 bits per heavy atom. The first-order valence-corrected chi connectivity index (χ1v) is 11.8. The molecule has 4 aliphatic rings. The van der Waals surface area contributed by atoms with Crippen molar-refractivity contribution in [3.05, 3.63) is 23.8 Å². The highest BCUT2D eigenvalue weighted by molar-refractivity contribution is 5.25. The largest absolute Gasteiger partial charge is 0.393 e. The lowest BCUT2D eigenvalue weighted by molar-refractivity contribution is -0.0540. The third-order valence-corrected chi connectivity index (χ3v) is 9.59. The molecule has 0 amide bonds. The molecule has 0 aromatic rings. The van der Waals surface area contributed by atoms with E-state index in [1.54, 1.807) is 5.57 Å². The van der Waals surface area contributed by atoms with Gasteiger partial charge in [0.05, 0.1) is 6.10 Å². The number of fused-ring (bicyclic) bond motifs is 5. The smallest absolute Gasteiger partial charge is 0.0577 e. The van der Waals surface area contributed by atoms with Gasteiger partial charge in [-0.2, -0.15) is 0 Å². The Labute approximate surface area is 167 Å². The Hall–Kier alpha value is -0.560. The molecule has 1 heteroatoms. The minimum absolute atomic E-state index is 0.0841. The summed E-state index contributed by atoms with van der Waals surface area (Å²) in [7, 11) is 0. The maximum atomic E-state index is 10.2. The molecule has 4 aliphatic carbocycles. The average Bonchev–Trinajstić information content (AvgIpc) is 2.97. The van der Waals surface area contributed by atoms with Gasteiger partial charge in [0.15, 0.2) is 0 Å². The summed E-state index contributed by atoms with van der Waals surface area (Å²) in [6.07, 6.45) is 17.6. The van der Waals surface area contributed by atoms with E-state index in [2.05, 4.69) is 52.8 Å². The fourth-order valence-electron chi connectivity index (χ4n) is 8.08. The van der Waals surface area contributed by atoms with Gasteiger partial charge < -0.3 is 5.11 Å². The van der Waals surface area contributed by atoms with E-state index in [1.807, 2.05) is 0 Å². The maximum absolute atomic E-state index is 10.2. The van der Waals surface area contributed by atoms with E-state index in [0.29, 0.717) is 22.7 Å². The summed E-state index contributed by atoms with van der Waals surface area (Å²) in [6.45, 7) is 12.3. The molecule has 4 rings (SSSR count). The van der Waals surface area contributed by atoms with E-state index in [9.17, 15) is 5.11 Å². The number of aliphatic hydroxyl groups excluding tert-OH is 1. The first kappa shape index (κ1) is 19.7. The van der Waals surface area contributed by atoms with E-state index in [1.165, 1.54) is 38.5 Å². The minimum atomic E-state index is -0.0841. The van der Waals surface area contributed by atoms with E-state index >= 15 is 0 Å². The van der Waals surface area contributed by atoms with Crippen LogP contribution in [-0.4, -0.2) is 11.2 Å². The van der Waals surface area contributed by atoms with Gasteiger partial charge in [-0.15, -0.1) is 0 Å². The van der Waals surface area contributed by atoms with Gasteiger partial charge in [0.1, 0.15) is 0 Å². The average molecular weight is 371 g/mol. The van der Waals surface area contributed by atoms with Crippen LogP contribution < -0.4 is 0 Å². The first-order chi connectivity index (χ1) is 12.8. The van der Waals surface area contributed by atoms with Crippen molar-refractivity contribution >= 4 is 0 Å². The Balaban J connectivity index is 1.57. The molecule has 0 heterocycles. The van der Waals surface area contributed by atoms with E-state index < -0.39 is 0 Å². The first-order valence-electron chi connectivity index (χ1n) is 11.8. The SMILES string of the molecule is CC(C)/C=C/[C@H](C)[C@@H]1CC[C@@H]2[C@H]3CC=C4C[C@H](O)CC[C@@]4(C)[C@@H]3CC[C@@]21C. The van der Waals surface area contributed by atoms with Crippen molar-refractivity contribution in [3.8, 4) is 0 Å². The number of allylic oxidation sites excluding steroid dienone is 3. The van der Waals surface area contributed by atoms with Gasteiger partial charge in [-0.3, -0.25) is 0 Å². The third-order valence-electron chi connectivity index (χ3n) is 9.59. The van der Waals surface area contributed by atoms with Crippen molar-refractivity contribution in [2.24, 2.45) is 46.3 Å². The van der Waals surface area contributed by atoms with Crippen LogP contribution in [0, 0.1) is 46.3 Å². The topological polar surface area (TPSA) is 20.2 Å². The molecule has 0 aromatic carbocycles. The molecule has 27 heavy (non-hydrogen) atoms. The standard InChI is InChI=1S/C26H42O/c1-17(2)6-7-18(3)22-10-11-23-21-9-8-19-16-20(27)12-14-25(19,4)24(21)13-15-26(22,23)5/h6-8,17-18,20-24,27H,9-16H2,1-5H3/b7-6+/t18-,20+,21+,22-,23+,24+,25+,26+/m0/s1. The van der Waals surface area contributed by atoms with Crippen LogP contribution in [0.4, 0.5) is 0 Å². The molecule has 0 spiro atoms. The monoisotopic (exact) mass is 370 g/mol. The van der Waals surface area contributed by atoms with Crippen LogP contribution >= 0.6 is 0 Å². The van der Waals surface area contributed by atoms with Crippen LogP contribution in [0.1, 0.15) is 86.0 Å². The van der Waals surface area contributed by atoms with Gasteiger partial charge in [-0.1, -0.05) is 58.4 Å². The molecule has 152 valence electrons. The molecule has 0 saturated heterocycles. The molecule has 0 aromatic heterocycles. The summed E-state index contributed by atoms with van der Waals surface area (Å²) < 4.78 is 0. The van der Waals surface area contributed by atoms with Gasteiger partial charge in [0.25, 0.3) is 0 Å². The maximum Gasteiger partial charge on any atom is 0.0577 e. The quantitative estimate of drug-likeness (QED) is 0.543. The zero-order chi connectivity index (χ0) is 19.4. The Morgan fingerprint density at radius 2 is 1.78 bits per heavy atom. The van der Waals surface area contributed by atoms with Gasteiger partial charge in [0, 0.05) is 0 Å². The highest BCUT2D eigenvalue weighted by Crippen LogP contribution is 2.67. The summed E-state index contributed by atoms with van der Waals surface area (Å²) in [4.78, 5) is 0. The molecular formula is C26H42O. The molecule has 1 nitrogen and oxygen atoms in total. The Morgan fingerprint density at radius 3 is 2.52 bits per heavy atom. The number of hydrogen-bond donors (Lipinski definition) is 1. The number of hydrogen-bond acceptors (Lipinski definition) is 1. The highest BCUT2D eigenvalue weighted by Gasteiger charge is 2.58. The molecule has 0 aliphatic heterocycles. The van der Waals surface area contributed by atoms with Gasteiger partial charge in [-0.25, -0.2) is 0 Å². The zero-order valence-electron chi connectivity index (χ0n) is 18.4. The lowest BCUT2D eigenvalue weighted by atomic mass is 9.47. The Kier molecular flexibility index (Phi) is 5.15. The molecule has 0 radical (unpaired) electrons. The summed E-state index contributed by atoms with van der Waals surface area (Å²) in [5, 5.41) is 10.2. The van der Waals surface area contributed by atoms with Crippen LogP contribution in [0.25, 0.3) is 0 Å². The Bertz CT molecular complexity index is 616. The van der Waals surface area contributed by atoms with E-state index in [0.717, 1.165) is 36.5 Å². The van der Waals surface area contributed by atoms with Crippen molar-refractivity contribution in [2.75, 3.05) is 0 Å². The predicted octanol–water partition coefficient (Wildman–Crippen LogP) is 6.77. The fourth-order valence-corrected chi connectivity index (χ4v) is 8.08. The van der Waals surface area contributed by atoms with E-state index in [-0.39, 0.29) is 6.10 Å². The number of aliphatic hydroxyl groups is 1. The van der Waals surface area contributed by atoms with Crippen LogP contribution in [0.15, 0.2) is 23.8 Å². The second kappa shape index (κ2) is 7.05. The summed E-state index contributed by atoms with van der Waals surface area (Å²) in [5.74, 6) is 4.91. The lowest BCUT2D eigenvalue weighted by Gasteiger charge is -2.58. The van der Waals surface area contributed by atoms with Crippen molar-refractivity contribution in [2.45, 2.75) is 92.1 Å². The fraction of sp³-hybridized carbons (Fsp3) is 0.846. The highest BCUT2D eigenvalue weighted by atomic mass is 16.3. The van der Waals surface area contributed by atoms with E-state index in [4.69, 9.17) is 0 Å². The molecule has 3 saturated carbocycles. The summed E-state index contributed by atoms with van der Waals surface area (Å²) in [5.41, 5.74) is 2.52. The van der Waals surface area contributed by atoms with Crippen molar-refractivity contribution in [1.82, 2.24) is 0 Å². The second-order valence-corrected chi connectivity index (χ2v) is 11.4. The van der Waals surface area contributed by atoms with Crippen molar-refractivity contribution < 1.29 is 5.11 Å². The summed E-state index contributed by atoms with van der Waals surface area (Å²) in [6, 6.07) is 0. The van der Waals surface area contributed by atoms with Crippen LogP contribution in [0.5, 0.6) is 0 Å². The van der Waals surface area contributed by atoms with Crippen LogP contribution in [-0.2, 0) is 0 Å². The molecule has 0 unspecified atom stereocenters. The molecule has 3 fully saturated rings. The third kappa shape index (κ3) is 3.17. The predicted molar refractivity (Wildman–Crippen MR) is 114 cm³/mol. The number of rotatable bonds is 3. The normalized spacial score (nSPS) is 48.1. The lowest BCUT2D eigenvalue weighted by Crippen LogP contribution is -2.50. The second-order valence-electron chi connectivity index (χ2n) is 11.4. The van der Waals surface area contributed by atoms with Gasteiger partial charge >= 0.3 is 0 Å². The molecular weight excluding hydrogens is 328 g/mol. The minimum Gasteiger partial charge on any atom is -0.393 e. The summed E-state index contributed by atoms with van der Waals surface area (Å²) >= 11 is 0. The zero-order valence-corrected chi connectivity index (χ0v) is 18.4. The van der Waals surface area contributed by atoms with Crippen molar-refractivity contribution in [1.29, 1.82) is 0 Å². The van der Waals surface area contributed by atoms with Crippen LogP contribution in [0.3, 0.4) is 0 Å². The van der Waals surface area contributed by atoms with Crippen LogP contribution in [0.2, 0.25) is 0 Å². The van der Waals surface area contributed by atoms with Crippen molar-refractivity contribution in [3.63, 3.8) is 0 Å². The molecule has 1 N–H and O–H groups in total. The van der Waals surface area contributed by atoms with Gasteiger partial charge in [0.2, 0.25) is 0 Å².